The summed E-state index contributed by atoms with van der Waals surface area (Å²) in [4.78, 5) is 0.542. The van der Waals surface area contributed by atoms with Gasteiger partial charge in [0.25, 0.3) is 0 Å². The monoisotopic (exact) mass is 386 g/mol. The Morgan fingerprint density at radius 3 is 2.13 bits per heavy atom. The molecule has 2 heteroatoms. The predicted molar refractivity (Wildman–Crippen MR) is 106 cm³/mol. The Kier molecular flexibility index (Phi) is 7.18. The minimum absolute atomic E-state index is 0.449. The van der Waals surface area contributed by atoms with E-state index in [1.807, 2.05) is 0 Å². The molecule has 0 spiro atoms. The summed E-state index contributed by atoms with van der Waals surface area (Å²) in [6.45, 7) is 6.99. The van der Waals surface area contributed by atoms with E-state index < -0.39 is 8.07 Å². The Labute approximate surface area is 148 Å². The van der Waals surface area contributed by atoms with Gasteiger partial charge < -0.3 is 0 Å². The van der Waals surface area contributed by atoms with Crippen molar-refractivity contribution in [2.45, 2.75) is 43.7 Å². The molecule has 0 saturated carbocycles. The van der Waals surface area contributed by atoms with Crippen LogP contribution in [0, 0.1) is 11.5 Å². The first-order chi connectivity index (χ1) is 11.0. The van der Waals surface area contributed by atoms with E-state index in [0.29, 0.717) is 19.8 Å². The van der Waals surface area contributed by atoms with Gasteiger partial charge in [0, 0.05) is 0 Å². The zero-order valence-electron chi connectivity index (χ0n) is 14.4. The molecule has 0 aliphatic carbocycles. The molecule has 0 N–H and O–H groups in total. The van der Waals surface area contributed by atoms with Crippen molar-refractivity contribution in [2.75, 3.05) is 0 Å². The van der Waals surface area contributed by atoms with E-state index in [4.69, 9.17) is 0 Å². The minimum atomic E-state index is -1.29. The molecule has 120 valence electrons. The van der Waals surface area contributed by atoms with Crippen molar-refractivity contribution in [1.82, 2.24) is 0 Å². The maximum absolute atomic E-state index is 3.63. The van der Waals surface area contributed by atoms with E-state index in [1.54, 1.807) is 0 Å². The topological polar surface area (TPSA) is 0 Å². The summed E-state index contributed by atoms with van der Waals surface area (Å²) >= 11 is 0.449. The zero-order chi connectivity index (χ0) is 16.5. The molecule has 2 rings (SSSR count). The summed E-state index contributed by atoms with van der Waals surface area (Å²) in [5.41, 5.74) is 5.04. The SMILES string of the molecule is C[Si](C)(C)C#CC(CCCc1ccccc1)[Se]c1ccccc1. The molecule has 0 radical (unpaired) electrons. The average Bonchev–Trinajstić information content (AvgIpc) is 2.54. The van der Waals surface area contributed by atoms with Crippen LogP contribution < -0.4 is 4.46 Å². The molecule has 0 bridgehead atoms. The molecule has 2 aromatic rings. The maximum atomic E-state index is 3.63. The molecule has 0 saturated heterocycles. The van der Waals surface area contributed by atoms with Crippen molar-refractivity contribution in [1.29, 1.82) is 0 Å². The predicted octanol–water partition coefficient (Wildman–Crippen LogP) is 4.71. The number of hydrogen-bond donors (Lipinski definition) is 0. The van der Waals surface area contributed by atoms with Crippen LogP contribution >= 0.6 is 0 Å². The molecule has 0 fully saturated rings. The summed E-state index contributed by atoms with van der Waals surface area (Å²) in [5.74, 6) is 3.63. The molecule has 23 heavy (non-hydrogen) atoms. The van der Waals surface area contributed by atoms with E-state index in [1.165, 1.54) is 22.9 Å². The summed E-state index contributed by atoms with van der Waals surface area (Å²) in [5, 5.41) is 0. The number of benzene rings is 2. The Hall–Kier alpha value is -1.26. The molecule has 2 aromatic carbocycles. The summed E-state index contributed by atoms with van der Waals surface area (Å²) in [6.07, 6.45) is 3.60. The van der Waals surface area contributed by atoms with E-state index in [0.717, 1.165) is 6.42 Å². The number of hydrogen-bond acceptors (Lipinski definition) is 0. The van der Waals surface area contributed by atoms with E-state index >= 15 is 0 Å². The van der Waals surface area contributed by atoms with Gasteiger partial charge in [0.05, 0.1) is 0 Å². The molecule has 0 aromatic heterocycles. The van der Waals surface area contributed by atoms with Crippen molar-refractivity contribution in [3.05, 3.63) is 66.2 Å². The number of rotatable bonds is 6. The second-order valence-corrected chi connectivity index (χ2v) is 14.2. The van der Waals surface area contributed by atoms with Crippen molar-refractivity contribution in [3.8, 4) is 11.5 Å². The van der Waals surface area contributed by atoms with Gasteiger partial charge in [-0.05, 0) is 0 Å². The molecule has 0 aliphatic rings. The van der Waals surface area contributed by atoms with E-state index in [-0.39, 0.29) is 0 Å². The Bertz CT molecular complexity index is 632. The third kappa shape index (κ3) is 7.71. The van der Waals surface area contributed by atoms with Gasteiger partial charge >= 0.3 is 149 Å². The van der Waals surface area contributed by atoms with Crippen LogP contribution in [-0.2, 0) is 6.42 Å². The van der Waals surface area contributed by atoms with Crippen molar-refractivity contribution >= 4 is 27.5 Å². The van der Waals surface area contributed by atoms with Gasteiger partial charge in [0.15, 0.2) is 0 Å². The normalized spacial score (nSPS) is 12.3. The summed E-state index contributed by atoms with van der Waals surface area (Å²) in [6, 6.07) is 21.7. The summed E-state index contributed by atoms with van der Waals surface area (Å²) < 4.78 is 1.47. The van der Waals surface area contributed by atoms with Gasteiger partial charge in [-0.25, -0.2) is 0 Å². The van der Waals surface area contributed by atoms with Gasteiger partial charge in [0.1, 0.15) is 0 Å². The van der Waals surface area contributed by atoms with Crippen LogP contribution in [0.1, 0.15) is 18.4 Å². The van der Waals surface area contributed by atoms with Crippen LogP contribution in [0.5, 0.6) is 0 Å². The third-order valence-corrected chi connectivity index (χ3v) is 6.78. The van der Waals surface area contributed by atoms with Gasteiger partial charge in [-0.1, -0.05) is 0 Å². The quantitative estimate of drug-likeness (QED) is 0.499. The van der Waals surface area contributed by atoms with Gasteiger partial charge in [-0.3, -0.25) is 0 Å². The van der Waals surface area contributed by atoms with Gasteiger partial charge in [-0.2, -0.15) is 0 Å². The van der Waals surface area contributed by atoms with E-state index in [9.17, 15) is 0 Å². The van der Waals surface area contributed by atoms with Gasteiger partial charge in [0.2, 0.25) is 0 Å². The van der Waals surface area contributed by atoms with Gasteiger partial charge in [-0.15, -0.1) is 0 Å². The van der Waals surface area contributed by atoms with Crippen LogP contribution in [0.4, 0.5) is 0 Å². The molecule has 1 atom stereocenters. The Morgan fingerprint density at radius 1 is 0.913 bits per heavy atom. The second kappa shape index (κ2) is 9.13. The molecule has 0 aliphatic heterocycles. The van der Waals surface area contributed by atoms with Crippen LogP contribution in [0.2, 0.25) is 24.5 Å². The van der Waals surface area contributed by atoms with Crippen LogP contribution in [0.15, 0.2) is 60.7 Å². The fourth-order valence-electron chi connectivity index (χ4n) is 2.26. The fourth-order valence-corrected chi connectivity index (χ4v) is 5.29. The second-order valence-electron chi connectivity index (χ2n) is 6.82. The van der Waals surface area contributed by atoms with Crippen LogP contribution in [0.3, 0.4) is 0 Å². The van der Waals surface area contributed by atoms with Crippen LogP contribution in [0.25, 0.3) is 0 Å². The average molecular weight is 385 g/mol. The number of aryl methyl sites for hydroxylation is 1. The van der Waals surface area contributed by atoms with Crippen molar-refractivity contribution in [2.24, 2.45) is 0 Å². The van der Waals surface area contributed by atoms with E-state index in [2.05, 4.69) is 91.8 Å². The molecular weight excluding hydrogens is 359 g/mol. The molecule has 0 amide bonds. The summed E-state index contributed by atoms with van der Waals surface area (Å²) in [7, 11) is -1.29. The first-order valence-corrected chi connectivity index (χ1v) is 13.7. The first-order valence-electron chi connectivity index (χ1n) is 8.31. The molecule has 0 heterocycles. The van der Waals surface area contributed by atoms with Crippen molar-refractivity contribution < 1.29 is 0 Å². The Balaban J connectivity index is 1.96. The van der Waals surface area contributed by atoms with Crippen LogP contribution in [-0.4, -0.2) is 23.0 Å². The molecule has 0 nitrogen and oxygen atoms in total. The zero-order valence-corrected chi connectivity index (χ0v) is 17.1. The molecular formula is C21H26SeSi. The molecule has 1 unspecified atom stereocenters. The first kappa shape index (κ1) is 18.1. The Morgan fingerprint density at radius 2 is 1.52 bits per heavy atom. The standard InChI is InChI=1S/C21H26SeSi/c1-23(2,3)18-17-21(22-20-14-8-5-9-15-20)16-10-13-19-11-6-4-7-12-19/h4-9,11-12,14-15,21H,10,13,16H2,1-3H3. The van der Waals surface area contributed by atoms with Crippen molar-refractivity contribution in [3.63, 3.8) is 0 Å². The fraction of sp³-hybridized carbons (Fsp3) is 0.333. The third-order valence-electron chi connectivity index (χ3n) is 3.40.